The highest BCUT2D eigenvalue weighted by molar-refractivity contribution is 7.18. The van der Waals surface area contributed by atoms with Gasteiger partial charge in [0.15, 0.2) is 6.61 Å². The van der Waals surface area contributed by atoms with Crippen LogP contribution in [0.4, 0.5) is 0 Å². The summed E-state index contributed by atoms with van der Waals surface area (Å²) in [4.78, 5) is 23.6. The number of carbonyl (C=O) groups excluding carboxylic acids is 1. The molecular formula is C21H29N3O2S. The van der Waals surface area contributed by atoms with Gasteiger partial charge in [-0.2, -0.15) is 0 Å². The molecule has 0 bridgehead atoms. The summed E-state index contributed by atoms with van der Waals surface area (Å²) in [5.74, 6) is 1.25. The highest BCUT2D eigenvalue weighted by Crippen LogP contribution is 2.40. The number of aryl methyl sites for hydroxylation is 1. The van der Waals surface area contributed by atoms with Gasteiger partial charge in [0.25, 0.3) is 5.91 Å². The van der Waals surface area contributed by atoms with E-state index in [1.165, 1.54) is 49.0 Å². The van der Waals surface area contributed by atoms with E-state index < -0.39 is 0 Å². The maximum atomic E-state index is 12.4. The van der Waals surface area contributed by atoms with Gasteiger partial charge < -0.3 is 10.1 Å². The second-order valence-electron chi connectivity index (χ2n) is 8.11. The fourth-order valence-electron chi connectivity index (χ4n) is 4.36. The number of amides is 1. The molecule has 146 valence electrons. The Morgan fingerprint density at radius 3 is 2.78 bits per heavy atom. The molecule has 2 aromatic rings. The number of ether oxygens (including phenoxy) is 1. The number of aromatic nitrogens is 2. The van der Waals surface area contributed by atoms with Crippen molar-refractivity contribution < 1.29 is 9.53 Å². The van der Waals surface area contributed by atoms with Crippen molar-refractivity contribution >= 4 is 27.5 Å². The lowest BCUT2D eigenvalue weighted by molar-refractivity contribution is -0.124. The Bertz CT molecular complexity index is 796. The molecule has 0 radical (unpaired) electrons. The molecule has 2 aromatic heterocycles. The molecule has 0 aromatic carbocycles. The first-order valence-electron chi connectivity index (χ1n) is 10.4. The second kappa shape index (κ2) is 8.55. The molecule has 1 saturated carbocycles. The molecule has 1 atom stereocenters. The summed E-state index contributed by atoms with van der Waals surface area (Å²) in [6.07, 6.45) is 13.4. The van der Waals surface area contributed by atoms with Gasteiger partial charge in [-0.15, -0.1) is 11.3 Å². The number of carbonyl (C=O) groups is 1. The lowest BCUT2D eigenvalue weighted by atomic mass is 9.89. The fraction of sp³-hybridized carbons (Fsp3) is 0.667. The van der Waals surface area contributed by atoms with Crippen molar-refractivity contribution in [3.8, 4) is 5.88 Å². The van der Waals surface area contributed by atoms with Crippen molar-refractivity contribution in [1.82, 2.24) is 15.3 Å². The lowest BCUT2D eigenvalue weighted by Crippen LogP contribution is -2.38. The van der Waals surface area contributed by atoms with E-state index in [0.717, 1.165) is 41.8 Å². The molecule has 4 rings (SSSR count). The maximum Gasteiger partial charge on any atom is 0.258 e. The number of fused-ring (bicyclic) bond motifs is 3. The highest BCUT2D eigenvalue weighted by Gasteiger charge is 2.24. The van der Waals surface area contributed by atoms with E-state index in [4.69, 9.17) is 4.74 Å². The normalized spacial score (nSPS) is 21.3. The van der Waals surface area contributed by atoms with Gasteiger partial charge in [0, 0.05) is 10.9 Å². The van der Waals surface area contributed by atoms with Crippen LogP contribution in [0.5, 0.6) is 5.88 Å². The molecule has 2 aliphatic rings. The topological polar surface area (TPSA) is 64.1 Å². The van der Waals surface area contributed by atoms with Crippen LogP contribution < -0.4 is 10.1 Å². The molecule has 2 aliphatic carbocycles. The number of nitrogens with zero attached hydrogens (tertiary/aromatic N) is 2. The standard InChI is InChI=1S/C21H29N3O2S/c1-14-9-10-16-17(11-14)27-21-19(16)20(22-13-23-21)26-12-18(25)24-15-7-5-3-2-4-6-8-15/h13-15H,2-12H2,1H3,(H,24,25). The zero-order valence-corrected chi connectivity index (χ0v) is 16.9. The van der Waals surface area contributed by atoms with Crippen LogP contribution in [0.1, 0.15) is 68.7 Å². The van der Waals surface area contributed by atoms with E-state index in [1.54, 1.807) is 17.7 Å². The minimum atomic E-state index is -0.0370. The molecule has 1 amide bonds. The number of hydrogen-bond acceptors (Lipinski definition) is 5. The van der Waals surface area contributed by atoms with Gasteiger partial charge in [-0.25, -0.2) is 9.97 Å². The summed E-state index contributed by atoms with van der Waals surface area (Å²) in [6.45, 7) is 2.33. The highest BCUT2D eigenvalue weighted by atomic mass is 32.1. The number of hydrogen-bond donors (Lipinski definition) is 1. The molecule has 0 aliphatic heterocycles. The van der Waals surface area contributed by atoms with Crippen molar-refractivity contribution in [2.75, 3.05) is 6.61 Å². The van der Waals surface area contributed by atoms with E-state index in [9.17, 15) is 4.79 Å². The molecule has 0 saturated heterocycles. The van der Waals surface area contributed by atoms with Crippen LogP contribution in [0.15, 0.2) is 6.33 Å². The van der Waals surface area contributed by atoms with Crippen LogP contribution in [0.2, 0.25) is 0 Å². The van der Waals surface area contributed by atoms with Crippen LogP contribution in [0, 0.1) is 5.92 Å². The fourth-order valence-corrected chi connectivity index (χ4v) is 5.70. The predicted molar refractivity (Wildman–Crippen MR) is 108 cm³/mol. The van der Waals surface area contributed by atoms with Crippen molar-refractivity contribution in [2.45, 2.75) is 77.2 Å². The van der Waals surface area contributed by atoms with Crippen molar-refractivity contribution in [3.05, 3.63) is 16.8 Å². The molecule has 1 unspecified atom stereocenters. The van der Waals surface area contributed by atoms with Gasteiger partial charge in [-0.3, -0.25) is 4.79 Å². The average molecular weight is 388 g/mol. The van der Waals surface area contributed by atoms with Crippen LogP contribution in [0.3, 0.4) is 0 Å². The molecule has 0 spiro atoms. The molecule has 1 N–H and O–H groups in total. The Kier molecular flexibility index (Phi) is 5.91. The van der Waals surface area contributed by atoms with E-state index in [1.807, 2.05) is 0 Å². The third kappa shape index (κ3) is 4.42. The van der Waals surface area contributed by atoms with Gasteiger partial charge >= 0.3 is 0 Å². The average Bonchev–Trinajstić information content (AvgIpc) is 3.00. The van der Waals surface area contributed by atoms with E-state index in [-0.39, 0.29) is 12.5 Å². The van der Waals surface area contributed by atoms with Crippen molar-refractivity contribution in [1.29, 1.82) is 0 Å². The molecule has 2 heterocycles. The van der Waals surface area contributed by atoms with E-state index in [0.29, 0.717) is 11.9 Å². The molecule has 6 heteroatoms. The van der Waals surface area contributed by atoms with Crippen molar-refractivity contribution in [3.63, 3.8) is 0 Å². The lowest BCUT2D eigenvalue weighted by Gasteiger charge is -2.21. The van der Waals surface area contributed by atoms with Gasteiger partial charge in [0.05, 0.1) is 5.39 Å². The van der Waals surface area contributed by atoms with Gasteiger partial charge in [0.1, 0.15) is 11.2 Å². The predicted octanol–water partition coefficient (Wildman–Crippen LogP) is 4.42. The first kappa shape index (κ1) is 18.7. The van der Waals surface area contributed by atoms with Gasteiger partial charge in [-0.05, 0) is 43.6 Å². The number of nitrogens with one attached hydrogen (secondary N) is 1. The Hall–Kier alpha value is -1.69. The monoisotopic (exact) mass is 387 g/mol. The Balaban J connectivity index is 1.42. The quantitative estimate of drug-likeness (QED) is 0.843. The van der Waals surface area contributed by atoms with Gasteiger partial charge in [0.2, 0.25) is 5.88 Å². The maximum absolute atomic E-state index is 12.4. The molecule has 1 fully saturated rings. The Morgan fingerprint density at radius 2 is 1.96 bits per heavy atom. The van der Waals surface area contributed by atoms with E-state index in [2.05, 4.69) is 22.2 Å². The third-order valence-corrected chi connectivity index (χ3v) is 7.03. The Morgan fingerprint density at radius 1 is 1.19 bits per heavy atom. The van der Waals surface area contributed by atoms with E-state index >= 15 is 0 Å². The summed E-state index contributed by atoms with van der Waals surface area (Å²) in [5, 5.41) is 4.19. The SMILES string of the molecule is CC1CCc2c(sc3ncnc(OCC(=O)NC4CCCCCCC4)c23)C1. The molecular weight excluding hydrogens is 358 g/mol. The molecule has 27 heavy (non-hydrogen) atoms. The summed E-state index contributed by atoms with van der Waals surface area (Å²) in [6, 6.07) is 0.294. The summed E-state index contributed by atoms with van der Waals surface area (Å²) >= 11 is 1.75. The first-order chi connectivity index (χ1) is 13.2. The number of thiophene rings is 1. The Labute approximate surface area is 164 Å². The minimum absolute atomic E-state index is 0.0314. The minimum Gasteiger partial charge on any atom is -0.467 e. The van der Waals surface area contributed by atoms with Gasteiger partial charge in [-0.1, -0.05) is 39.0 Å². The van der Waals surface area contributed by atoms with Crippen LogP contribution in [0.25, 0.3) is 10.2 Å². The summed E-state index contributed by atoms with van der Waals surface area (Å²) in [7, 11) is 0. The largest absolute Gasteiger partial charge is 0.467 e. The molecule has 5 nitrogen and oxygen atoms in total. The third-order valence-electron chi connectivity index (χ3n) is 5.87. The zero-order chi connectivity index (χ0) is 18.6. The second-order valence-corrected chi connectivity index (χ2v) is 9.19. The number of rotatable bonds is 4. The van der Waals surface area contributed by atoms with Crippen molar-refractivity contribution in [2.24, 2.45) is 5.92 Å². The summed E-state index contributed by atoms with van der Waals surface area (Å²) < 4.78 is 5.87. The first-order valence-corrected chi connectivity index (χ1v) is 11.2. The van der Waals surface area contributed by atoms with Crippen LogP contribution in [-0.2, 0) is 17.6 Å². The summed E-state index contributed by atoms with van der Waals surface area (Å²) in [5.41, 5.74) is 1.34. The van der Waals surface area contributed by atoms with Crippen LogP contribution >= 0.6 is 11.3 Å². The zero-order valence-electron chi connectivity index (χ0n) is 16.1. The van der Waals surface area contributed by atoms with Crippen LogP contribution in [-0.4, -0.2) is 28.5 Å². The smallest absolute Gasteiger partial charge is 0.258 e.